The van der Waals surface area contributed by atoms with Gasteiger partial charge in [-0.1, -0.05) is 12.6 Å². The Morgan fingerprint density at radius 3 is 2.81 bits per heavy atom. The van der Waals surface area contributed by atoms with Crippen molar-refractivity contribution in [2.24, 2.45) is 0 Å². The number of nitrogens with one attached hydrogen (secondary N) is 1. The summed E-state index contributed by atoms with van der Waals surface area (Å²) in [4.78, 5) is 28.4. The molecule has 3 atom stereocenters. The second kappa shape index (κ2) is 10.5. The molecule has 212 valence electrons. The Hall–Kier alpha value is -4.83. The summed E-state index contributed by atoms with van der Waals surface area (Å²) in [5.41, 5.74) is 12.2. The molecule has 1 aliphatic heterocycles. The van der Waals surface area contributed by atoms with Crippen LogP contribution in [0.2, 0.25) is 0 Å². The van der Waals surface area contributed by atoms with Crippen molar-refractivity contribution in [1.82, 2.24) is 39.5 Å². The number of carbonyl (C=O) groups excluding carboxylic acids is 1. The molecule has 10 nitrogen and oxygen atoms in total. The number of piperidine rings is 1. The van der Waals surface area contributed by atoms with Crippen LogP contribution in [-0.4, -0.2) is 58.7 Å². The van der Waals surface area contributed by atoms with E-state index in [0.29, 0.717) is 23.5 Å². The summed E-state index contributed by atoms with van der Waals surface area (Å²) in [5.74, 6) is 1.84. The Kier molecular flexibility index (Phi) is 6.54. The van der Waals surface area contributed by atoms with E-state index in [1.165, 1.54) is 17.2 Å². The van der Waals surface area contributed by atoms with E-state index in [9.17, 15) is 4.79 Å². The van der Waals surface area contributed by atoms with E-state index in [1.54, 1.807) is 17.1 Å². The molecule has 7 rings (SSSR count). The zero-order valence-electron chi connectivity index (χ0n) is 23.5. The van der Waals surface area contributed by atoms with Gasteiger partial charge in [0.1, 0.15) is 11.3 Å². The van der Waals surface area contributed by atoms with Crippen molar-refractivity contribution in [2.75, 3.05) is 12.3 Å². The van der Waals surface area contributed by atoms with Crippen LogP contribution < -0.4 is 11.1 Å². The third-order valence-corrected chi connectivity index (χ3v) is 8.54. The molecule has 1 aliphatic carbocycles. The van der Waals surface area contributed by atoms with Crippen molar-refractivity contribution in [3.8, 4) is 22.9 Å². The lowest BCUT2D eigenvalue weighted by atomic mass is 9.96. The third kappa shape index (κ3) is 4.53. The van der Waals surface area contributed by atoms with Gasteiger partial charge in [0.15, 0.2) is 17.3 Å². The second-order valence-electron chi connectivity index (χ2n) is 11.1. The minimum Gasteiger partial charge on any atom is -0.383 e. The number of nitrogens with zero attached hydrogens (tertiary/aromatic N) is 7. The summed E-state index contributed by atoms with van der Waals surface area (Å²) >= 11 is 0. The second-order valence-corrected chi connectivity index (χ2v) is 11.1. The first kappa shape index (κ1) is 26.1. The zero-order valence-corrected chi connectivity index (χ0v) is 23.5. The smallest absolute Gasteiger partial charge is 0.246 e. The van der Waals surface area contributed by atoms with Gasteiger partial charge in [-0.25, -0.2) is 19.6 Å². The highest BCUT2D eigenvalue weighted by molar-refractivity contribution is 5.87. The van der Waals surface area contributed by atoms with Crippen LogP contribution in [0.5, 0.6) is 0 Å². The van der Waals surface area contributed by atoms with Crippen LogP contribution in [0.4, 0.5) is 5.82 Å². The average molecular weight is 560 g/mol. The molecule has 0 saturated carbocycles. The number of hydrogen-bond acceptors (Lipinski definition) is 7. The van der Waals surface area contributed by atoms with Crippen LogP contribution in [0.1, 0.15) is 43.4 Å². The van der Waals surface area contributed by atoms with Crippen molar-refractivity contribution in [3.63, 3.8) is 0 Å². The minimum absolute atomic E-state index is 0.0189. The van der Waals surface area contributed by atoms with Gasteiger partial charge in [0.2, 0.25) is 5.91 Å². The van der Waals surface area contributed by atoms with Gasteiger partial charge in [0, 0.05) is 48.9 Å². The number of anilines is 1. The molecule has 42 heavy (non-hydrogen) atoms. The van der Waals surface area contributed by atoms with Gasteiger partial charge in [-0.2, -0.15) is 5.10 Å². The number of rotatable bonds is 6. The van der Waals surface area contributed by atoms with E-state index in [2.05, 4.69) is 51.7 Å². The molecule has 4 aromatic heterocycles. The molecule has 2 unspecified atom stereocenters. The molecular weight excluding hydrogens is 526 g/mol. The summed E-state index contributed by atoms with van der Waals surface area (Å²) in [6.45, 7) is 6.53. The van der Waals surface area contributed by atoms with Gasteiger partial charge >= 0.3 is 0 Å². The highest BCUT2D eigenvalue weighted by Crippen LogP contribution is 2.37. The molecule has 1 saturated heterocycles. The van der Waals surface area contributed by atoms with Crippen LogP contribution >= 0.6 is 0 Å². The van der Waals surface area contributed by atoms with Crippen LogP contribution in [0.15, 0.2) is 79.8 Å². The van der Waals surface area contributed by atoms with E-state index in [4.69, 9.17) is 15.7 Å². The molecule has 10 heteroatoms. The van der Waals surface area contributed by atoms with Crippen molar-refractivity contribution >= 4 is 22.9 Å². The van der Waals surface area contributed by atoms with E-state index >= 15 is 0 Å². The molecule has 1 fully saturated rings. The summed E-state index contributed by atoms with van der Waals surface area (Å²) in [5, 5.41) is 8.27. The van der Waals surface area contributed by atoms with Crippen LogP contribution in [0, 0.1) is 0 Å². The lowest BCUT2D eigenvalue weighted by Gasteiger charge is -2.38. The van der Waals surface area contributed by atoms with Crippen molar-refractivity contribution in [1.29, 1.82) is 0 Å². The van der Waals surface area contributed by atoms with E-state index in [1.807, 2.05) is 41.4 Å². The standard InChI is InChI=1S/C32H33N9O/c1-3-29(42)39-17-13-22(18-20(39)2)36-26-10-7-21-19-23(8-9-24(21)26)41-31(25-6-4-14-34-30(25)33)37-27-11-12-28(38-32(27)41)40-16-5-15-35-40/h3-6,8-9,11-12,14-16,19-20,22,26,36H,1,7,10,13,17-18H2,2H3,(H2,33,34)/t20-,22?,26?/m1/s1. The number of imidazole rings is 1. The number of likely N-dealkylation sites (tertiary alicyclic amines) is 1. The van der Waals surface area contributed by atoms with E-state index in [0.717, 1.165) is 54.6 Å². The Morgan fingerprint density at radius 1 is 1.12 bits per heavy atom. The Labute approximate surface area is 243 Å². The van der Waals surface area contributed by atoms with Gasteiger partial charge in [0.05, 0.1) is 5.56 Å². The predicted molar refractivity (Wildman–Crippen MR) is 162 cm³/mol. The molecule has 5 heterocycles. The fourth-order valence-electron chi connectivity index (χ4n) is 6.48. The first-order valence-electron chi connectivity index (χ1n) is 14.4. The Balaban J connectivity index is 1.23. The molecule has 2 aliphatic rings. The molecule has 1 aromatic carbocycles. The van der Waals surface area contributed by atoms with Crippen molar-refractivity contribution in [3.05, 3.63) is 90.9 Å². The van der Waals surface area contributed by atoms with Gasteiger partial charge in [0.25, 0.3) is 0 Å². The predicted octanol–water partition coefficient (Wildman–Crippen LogP) is 4.39. The number of nitrogen functional groups attached to an aromatic ring is 1. The largest absolute Gasteiger partial charge is 0.383 e. The fourth-order valence-corrected chi connectivity index (χ4v) is 6.48. The number of carbonyl (C=O) groups is 1. The van der Waals surface area contributed by atoms with Crippen molar-refractivity contribution in [2.45, 2.75) is 50.7 Å². The summed E-state index contributed by atoms with van der Waals surface area (Å²) in [6, 6.07) is 17.0. The minimum atomic E-state index is 0.0189. The number of pyridine rings is 2. The lowest BCUT2D eigenvalue weighted by molar-refractivity contribution is -0.129. The highest BCUT2D eigenvalue weighted by Gasteiger charge is 2.31. The van der Waals surface area contributed by atoms with Crippen LogP contribution in [-0.2, 0) is 11.2 Å². The van der Waals surface area contributed by atoms with Gasteiger partial charge in [-0.05, 0) is 92.3 Å². The molecule has 0 radical (unpaired) electrons. The normalized spacial score (nSPS) is 20.1. The molecule has 0 bridgehead atoms. The number of nitrogens with two attached hydrogens (primary N) is 1. The Morgan fingerprint density at radius 2 is 2.02 bits per heavy atom. The lowest BCUT2D eigenvalue weighted by Crippen LogP contribution is -2.49. The highest BCUT2D eigenvalue weighted by atomic mass is 16.2. The van der Waals surface area contributed by atoms with Crippen molar-refractivity contribution < 1.29 is 4.79 Å². The quantitative estimate of drug-likeness (QED) is 0.296. The van der Waals surface area contributed by atoms with E-state index in [-0.39, 0.29) is 18.0 Å². The molecular formula is C32H33N9O. The van der Waals surface area contributed by atoms with Crippen LogP contribution in [0.3, 0.4) is 0 Å². The Bertz CT molecular complexity index is 1790. The number of amides is 1. The number of fused-ring (bicyclic) bond motifs is 2. The maximum absolute atomic E-state index is 12.2. The number of hydrogen-bond donors (Lipinski definition) is 2. The number of benzene rings is 1. The molecule has 5 aromatic rings. The first-order valence-corrected chi connectivity index (χ1v) is 14.4. The topological polar surface area (TPSA) is 120 Å². The summed E-state index contributed by atoms with van der Waals surface area (Å²) < 4.78 is 3.82. The van der Waals surface area contributed by atoms with Gasteiger partial charge < -0.3 is 16.0 Å². The monoisotopic (exact) mass is 559 g/mol. The maximum Gasteiger partial charge on any atom is 0.246 e. The summed E-state index contributed by atoms with van der Waals surface area (Å²) in [6.07, 6.45) is 10.6. The van der Waals surface area contributed by atoms with Crippen LogP contribution in [0.25, 0.3) is 34.1 Å². The first-order chi connectivity index (χ1) is 20.5. The molecule has 0 spiro atoms. The van der Waals surface area contributed by atoms with E-state index < -0.39 is 0 Å². The third-order valence-electron chi connectivity index (χ3n) is 8.54. The molecule has 3 N–H and O–H groups in total. The fraction of sp³-hybridized carbons (Fsp3) is 0.281. The van der Waals surface area contributed by atoms with Gasteiger partial charge in [-0.15, -0.1) is 0 Å². The zero-order chi connectivity index (χ0) is 28.8. The SMILES string of the molecule is C=CC(=O)N1CCC(NC2CCc3cc(-n4c(-c5cccnc5N)nc5ccc(-n6cccn6)nc54)ccc32)C[C@H]1C. The maximum atomic E-state index is 12.2. The summed E-state index contributed by atoms with van der Waals surface area (Å²) in [7, 11) is 0. The van der Waals surface area contributed by atoms with Gasteiger partial charge in [-0.3, -0.25) is 9.36 Å². The number of aryl methyl sites for hydroxylation is 1. The molecule has 1 amide bonds. The number of aromatic nitrogens is 6. The average Bonchev–Trinajstić information content (AvgIpc) is 3.76.